The van der Waals surface area contributed by atoms with Gasteiger partial charge in [0.2, 0.25) is 10.0 Å². The lowest BCUT2D eigenvalue weighted by Gasteiger charge is -2.31. The van der Waals surface area contributed by atoms with E-state index in [1.165, 1.54) is 29.5 Å². The average Bonchev–Trinajstić information content (AvgIpc) is 2.54. The Morgan fingerprint density at radius 2 is 1.83 bits per heavy atom. The second kappa shape index (κ2) is 7.33. The largest absolute Gasteiger partial charge is 0.493 e. The first kappa shape index (κ1) is 17.8. The molecule has 0 bridgehead atoms. The van der Waals surface area contributed by atoms with Crippen LogP contribution >= 0.6 is 0 Å². The summed E-state index contributed by atoms with van der Waals surface area (Å²) in [5, 5.41) is 0. The lowest BCUT2D eigenvalue weighted by atomic mass is 10.3. The third kappa shape index (κ3) is 4.04. The van der Waals surface area contributed by atoms with Gasteiger partial charge in [-0.25, -0.2) is 8.42 Å². The minimum Gasteiger partial charge on any atom is -0.493 e. The van der Waals surface area contributed by atoms with Crippen LogP contribution in [0.1, 0.15) is 6.92 Å². The minimum atomic E-state index is -3.51. The van der Waals surface area contributed by atoms with Gasteiger partial charge in [0.15, 0.2) is 11.5 Å². The summed E-state index contributed by atoms with van der Waals surface area (Å²) in [6.07, 6.45) is 0. The summed E-state index contributed by atoms with van der Waals surface area (Å²) >= 11 is 0. The highest BCUT2D eigenvalue weighted by molar-refractivity contribution is 7.89. The van der Waals surface area contributed by atoms with Crippen molar-refractivity contribution in [1.82, 2.24) is 4.31 Å². The summed E-state index contributed by atoms with van der Waals surface area (Å²) in [6, 6.07) is 4.69. The highest BCUT2D eigenvalue weighted by Gasteiger charge is 2.30. The third-order valence-electron chi connectivity index (χ3n) is 3.97. The standard InChI is InChI=1S/C16H24N2O4S/c1-13(2)12-17-7-9-18(10-8-17)23(19,20)14-5-6-15(21-3)16(11-14)22-4/h5-6,11H,1,7-10,12H2,2-4H3/p+1. The maximum atomic E-state index is 12.8. The first-order valence-electron chi connectivity index (χ1n) is 7.58. The van der Waals surface area contributed by atoms with Crippen molar-refractivity contribution in [3.8, 4) is 11.5 Å². The molecule has 0 atom stereocenters. The Labute approximate surface area is 138 Å². The van der Waals surface area contributed by atoms with Gasteiger partial charge in [-0.15, -0.1) is 0 Å². The number of methoxy groups -OCH3 is 2. The number of quaternary nitrogens is 1. The number of benzene rings is 1. The number of rotatable bonds is 6. The number of ether oxygens (including phenoxy) is 2. The fourth-order valence-corrected chi connectivity index (χ4v) is 4.23. The molecule has 1 N–H and O–H groups in total. The Bertz CT molecular complexity index is 665. The molecule has 1 aromatic rings. The summed E-state index contributed by atoms with van der Waals surface area (Å²) in [6.45, 7) is 9.42. The molecule has 7 heteroatoms. The third-order valence-corrected chi connectivity index (χ3v) is 5.87. The Balaban J connectivity index is 2.15. The van der Waals surface area contributed by atoms with Gasteiger partial charge >= 0.3 is 0 Å². The lowest BCUT2D eigenvalue weighted by Crippen LogP contribution is -3.14. The van der Waals surface area contributed by atoms with Crippen molar-refractivity contribution in [2.24, 2.45) is 0 Å². The molecule has 1 aliphatic rings. The molecule has 2 rings (SSSR count). The lowest BCUT2D eigenvalue weighted by molar-refractivity contribution is -0.898. The van der Waals surface area contributed by atoms with Crippen molar-refractivity contribution in [3.63, 3.8) is 0 Å². The van der Waals surface area contributed by atoms with Gasteiger partial charge in [0.1, 0.15) is 0 Å². The van der Waals surface area contributed by atoms with E-state index in [0.717, 1.165) is 25.2 Å². The van der Waals surface area contributed by atoms with E-state index < -0.39 is 10.0 Å². The number of nitrogens with zero attached hydrogens (tertiary/aromatic N) is 1. The van der Waals surface area contributed by atoms with Crippen molar-refractivity contribution >= 4 is 10.0 Å². The maximum Gasteiger partial charge on any atom is 0.243 e. The fraction of sp³-hybridized carbons (Fsp3) is 0.500. The molecule has 0 unspecified atom stereocenters. The van der Waals surface area contributed by atoms with Crippen LogP contribution in [0.4, 0.5) is 0 Å². The van der Waals surface area contributed by atoms with Crippen molar-refractivity contribution in [2.75, 3.05) is 46.9 Å². The van der Waals surface area contributed by atoms with Crippen LogP contribution in [0.5, 0.6) is 11.5 Å². The van der Waals surface area contributed by atoms with Gasteiger partial charge in [-0.3, -0.25) is 0 Å². The molecule has 0 aromatic heterocycles. The topological polar surface area (TPSA) is 60.3 Å². The molecule has 0 saturated carbocycles. The van der Waals surface area contributed by atoms with Crippen LogP contribution in [0, 0.1) is 0 Å². The molecule has 0 aliphatic carbocycles. The van der Waals surface area contributed by atoms with Crippen LogP contribution in [-0.4, -0.2) is 59.7 Å². The monoisotopic (exact) mass is 341 g/mol. The van der Waals surface area contributed by atoms with Gasteiger partial charge in [0.05, 0.1) is 51.8 Å². The number of hydrogen-bond acceptors (Lipinski definition) is 4. The van der Waals surface area contributed by atoms with E-state index in [2.05, 4.69) is 6.58 Å². The average molecular weight is 341 g/mol. The van der Waals surface area contributed by atoms with Crippen LogP contribution in [0.2, 0.25) is 0 Å². The highest BCUT2D eigenvalue weighted by Crippen LogP contribution is 2.30. The van der Waals surface area contributed by atoms with E-state index in [9.17, 15) is 8.42 Å². The zero-order valence-corrected chi connectivity index (χ0v) is 14.8. The Morgan fingerprint density at radius 3 is 2.35 bits per heavy atom. The molecule has 23 heavy (non-hydrogen) atoms. The molecule has 1 heterocycles. The van der Waals surface area contributed by atoms with Crippen LogP contribution in [-0.2, 0) is 10.0 Å². The Morgan fingerprint density at radius 1 is 1.22 bits per heavy atom. The zero-order valence-electron chi connectivity index (χ0n) is 14.0. The quantitative estimate of drug-likeness (QED) is 0.750. The van der Waals surface area contributed by atoms with E-state index in [0.29, 0.717) is 24.6 Å². The van der Waals surface area contributed by atoms with Gasteiger partial charge in [0.25, 0.3) is 0 Å². The van der Waals surface area contributed by atoms with Crippen LogP contribution in [0.15, 0.2) is 35.2 Å². The normalized spacial score (nSPS) is 17.0. The Kier molecular flexibility index (Phi) is 5.67. The van der Waals surface area contributed by atoms with Crippen molar-refractivity contribution in [1.29, 1.82) is 0 Å². The molecular weight excluding hydrogens is 316 g/mol. The summed E-state index contributed by atoms with van der Waals surface area (Å²) in [5.74, 6) is 0.933. The molecule has 0 spiro atoms. The van der Waals surface area contributed by atoms with Gasteiger partial charge < -0.3 is 14.4 Å². The van der Waals surface area contributed by atoms with Gasteiger partial charge in [-0.2, -0.15) is 4.31 Å². The van der Waals surface area contributed by atoms with E-state index in [1.807, 2.05) is 6.92 Å². The highest BCUT2D eigenvalue weighted by atomic mass is 32.2. The summed E-state index contributed by atoms with van der Waals surface area (Å²) in [5.41, 5.74) is 1.12. The van der Waals surface area contributed by atoms with E-state index in [4.69, 9.17) is 9.47 Å². The first-order chi connectivity index (χ1) is 10.9. The molecular formula is C16H25N2O4S+. The fourth-order valence-electron chi connectivity index (χ4n) is 2.77. The van der Waals surface area contributed by atoms with E-state index in [-0.39, 0.29) is 4.90 Å². The summed E-state index contributed by atoms with van der Waals surface area (Å²) < 4.78 is 37.5. The van der Waals surface area contributed by atoms with E-state index >= 15 is 0 Å². The zero-order chi connectivity index (χ0) is 17.0. The van der Waals surface area contributed by atoms with Crippen LogP contribution in [0.25, 0.3) is 0 Å². The second-order valence-corrected chi connectivity index (χ2v) is 7.74. The predicted octanol–water partition coefficient (Wildman–Crippen LogP) is 0.169. The van der Waals surface area contributed by atoms with Crippen LogP contribution < -0.4 is 14.4 Å². The Hall–Kier alpha value is -1.57. The molecule has 1 fully saturated rings. The van der Waals surface area contributed by atoms with Crippen LogP contribution in [0.3, 0.4) is 0 Å². The molecule has 6 nitrogen and oxygen atoms in total. The first-order valence-corrected chi connectivity index (χ1v) is 9.02. The molecule has 1 aliphatic heterocycles. The number of sulfonamides is 1. The minimum absolute atomic E-state index is 0.235. The smallest absolute Gasteiger partial charge is 0.243 e. The van der Waals surface area contributed by atoms with Crippen molar-refractivity contribution in [2.45, 2.75) is 11.8 Å². The predicted molar refractivity (Wildman–Crippen MR) is 88.7 cm³/mol. The number of piperazine rings is 1. The molecule has 128 valence electrons. The maximum absolute atomic E-state index is 12.8. The SMILES string of the molecule is C=C(C)C[NH+]1CCN(S(=O)(=O)c2ccc(OC)c(OC)c2)CC1. The molecule has 0 radical (unpaired) electrons. The van der Waals surface area contributed by atoms with Gasteiger partial charge in [0, 0.05) is 6.07 Å². The van der Waals surface area contributed by atoms with Gasteiger partial charge in [-0.1, -0.05) is 6.58 Å². The second-order valence-electron chi connectivity index (χ2n) is 5.80. The van der Waals surface area contributed by atoms with Crippen molar-refractivity contribution in [3.05, 3.63) is 30.4 Å². The van der Waals surface area contributed by atoms with Crippen molar-refractivity contribution < 1.29 is 22.8 Å². The summed E-state index contributed by atoms with van der Waals surface area (Å²) in [4.78, 5) is 1.61. The summed E-state index contributed by atoms with van der Waals surface area (Å²) in [7, 11) is -0.492. The van der Waals surface area contributed by atoms with Gasteiger partial charge in [-0.05, 0) is 24.6 Å². The molecule has 1 saturated heterocycles. The van der Waals surface area contributed by atoms with E-state index in [1.54, 1.807) is 12.1 Å². The molecule has 1 aromatic carbocycles. The number of hydrogen-bond donors (Lipinski definition) is 1. The molecule has 0 amide bonds. The number of nitrogens with one attached hydrogen (secondary N) is 1.